The van der Waals surface area contributed by atoms with E-state index in [9.17, 15) is 4.79 Å². The molecular formula is C7H11O2. The van der Waals surface area contributed by atoms with Gasteiger partial charge in [-0.05, 0) is 18.8 Å². The van der Waals surface area contributed by atoms with Crippen LogP contribution in [0.1, 0.15) is 12.8 Å². The molecule has 2 unspecified atom stereocenters. The molecular weight excluding hydrogens is 116 g/mol. The van der Waals surface area contributed by atoms with E-state index in [1.165, 1.54) is 7.11 Å². The maximum Gasteiger partial charge on any atom is 0.308 e. The number of ether oxygens (including phenoxy) is 1. The van der Waals surface area contributed by atoms with Gasteiger partial charge in [-0.3, -0.25) is 4.79 Å². The summed E-state index contributed by atoms with van der Waals surface area (Å²) in [6.45, 7) is 3.71. The highest BCUT2D eigenvalue weighted by atomic mass is 16.5. The van der Waals surface area contributed by atoms with Gasteiger partial charge >= 0.3 is 5.97 Å². The first-order valence-corrected chi connectivity index (χ1v) is 3.16. The average molecular weight is 127 g/mol. The highest BCUT2D eigenvalue weighted by molar-refractivity contribution is 5.75. The Kier molecular flexibility index (Phi) is 1.74. The smallest absolute Gasteiger partial charge is 0.308 e. The van der Waals surface area contributed by atoms with Crippen LogP contribution in [0.2, 0.25) is 0 Å². The third kappa shape index (κ3) is 1.23. The molecule has 0 aliphatic heterocycles. The fourth-order valence-electron chi connectivity index (χ4n) is 1.01. The predicted molar refractivity (Wildman–Crippen MR) is 33.6 cm³/mol. The van der Waals surface area contributed by atoms with Gasteiger partial charge in [0.25, 0.3) is 0 Å². The maximum absolute atomic E-state index is 10.7. The first-order valence-electron chi connectivity index (χ1n) is 3.16. The molecule has 2 nitrogen and oxygen atoms in total. The van der Waals surface area contributed by atoms with E-state index >= 15 is 0 Å². The minimum absolute atomic E-state index is 0.0661. The van der Waals surface area contributed by atoms with Crippen molar-refractivity contribution in [1.82, 2.24) is 0 Å². The Morgan fingerprint density at radius 3 is 2.89 bits per heavy atom. The van der Waals surface area contributed by atoms with Gasteiger partial charge in [-0.15, -0.1) is 0 Å². The van der Waals surface area contributed by atoms with Crippen LogP contribution in [0.25, 0.3) is 0 Å². The molecule has 1 fully saturated rings. The van der Waals surface area contributed by atoms with Crippen molar-refractivity contribution in [3.8, 4) is 0 Å². The van der Waals surface area contributed by atoms with Gasteiger partial charge in [0.2, 0.25) is 0 Å². The largest absolute Gasteiger partial charge is 0.469 e. The average Bonchev–Trinajstić information content (AvgIpc) is 2.64. The Morgan fingerprint density at radius 1 is 1.89 bits per heavy atom. The molecule has 1 rings (SSSR count). The summed E-state index contributed by atoms with van der Waals surface area (Å²) >= 11 is 0. The number of esters is 1. The summed E-state index contributed by atoms with van der Waals surface area (Å²) in [5.41, 5.74) is 0. The second-order valence-electron chi connectivity index (χ2n) is 2.41. The molecule has 2 atom stereocenters. The van der Waals surface area contributed by atoms with Gasteiger partial charge in [0, 0.05) is 0 Å². The molecule has 0 aromatic carbocycles. The molecule has 1 radical (unpaired) electrons. The zero-order valence-corrected chi connectivity index (χ0v) is 5.59. The zero-order chi connectivity index (χ0) is 6.85. The monoisotopic (exact) mass is 127 g/mol. The van der Waals surface area contributed by atoms with Crippen LogP contribution in [-0.4, -0.2) is 13.1 Å². The van der Waals surface area contributed by atoms with Gasteiger partial charge in [-0.2, -0.15) is 0 Å². The molecule has 0 heterocycles. The van der Waals surface area contributed by atoms with Crippen molar-refractivity contribution in [2.24, 2.45) is 11.8 Å². The fraction of sp³-hybridized carbons (Fsp3) is 0.714. The molecule has 1 saturated carbocycles. The molecule has 1 aliphatic rings. The van der Waals surface area contributed by atoms with Gasteiger partial charge in [-0.1, -0.05) is 6.92 Å². The van der Waals surface area contributed by atoms with Crippen LogP contribution in [0.4, 0.5) is 0 Å². The minimum Gasteiger partial charge on any atom is -0.469 e. The topological polar surface area (TPSA) is 26.3 Å². The normalized spacial score (nSPS) is 31.8. The number of carbonyl (C=O) groups is 1. The molecule has 0 spiro atoms. The fourth-order valence-corrected chi connectivity index (χ4v) is 1.01. The molecule has 1 aliphatic carbocycles. The number of methoxy groups -OCH3 is 1. The van der Waals surface area contributed by atoms with Gasteiger partial charge in [0.05, 0.1) is 13.0 Å². The minimum atomic E-state index is -0.0661. The first-order chi connectivity index (χ1) is 4.29. The van der Waals surface area contributed by atoms with Crippen LogP contribution < -0.4 is 0 Å². The van der Waals surface area contributed by atoms with E-state index in [-0.39, 0.29) is 11.9 Å². The Bertz CT molecular complexity index is 120. The van der Waals surface area contributed by atoms with Crippen molar-refractivity contribution in [3.05, 3.63) is 6.92 Å². The van der Waals surface area contributed by atoms with Crippen LogP contribution in [0.15, 0.2) is 0 Å². The van der Waals surface area contributed by atoms with Gasteiger partial charge in [0.1, 0.15) is 0 Å². The highest BCUT2D eigenvalue weighted by Crippen LogP contribution is 2.41. The Hall–Kier alpha value is -0.530. The van der Waals surface area contributed by atoms with E-state index in [1.807, 2.05) is 0 Å². The Balaban J connectivity index is 2.25. The van der Waals surface area contributed by atoms with Gasteiger partial charge in [-0.25, -0.2) is 0 Å². The van der Waals surface area contributed by atoms with Crippen molar-refractivity contribution in [2.45, 2.75) is 12.8 Å². The number of hydrogen-bond acceptors (Lipinski definition) is 2. The molecule has 0 N–H and O–H groups in total. The zero-order valence-electron chi connectivity index (χ0n) is 5.59. The lowest BCUT2D eigenvalue weighted by Crippen LogP contribution is -2.03. The standard InChI is InChI=1S/C7H11O2/c1-3-5-4-6(5)7(8)9-2/h5-6H,1,3-4H2,2H3. The van der Waals surface area contributed by atoms with Crippen molar-refractivity contribution in [1.29, 1.82) is 0 Å². The van der Waals surface area contributed by atoms with E-state index in [2.05, 4.69) is 11.7 Å². The number of hydrogen-bond donors (Lipinski definition) is 0. The molecule has 0 aromatic heterocycles. The van der Waals surface area contributed by atoms with Gasteiger partial charge in [0.15, 0.2) is 0 Å². The van der Waals surface area contributed by atoms with Crippen molar-refractivity contribution in [2.75, 3.05) is 7.11 Å². The Morgan fingerprint density at radius 2 is 2.56 bits per heavy atom. The van der Waals surface area contributed by atoms with E-state index in [4.69, 9.17) is 0 Å². The molecule has 0 bridgehead atoms. The van der Waals surface area contributed by atoms with E-state index in [1.54, 1.807) is 0 Å². The van der Waals surface area contributed by atoms with E-state index in [0.29, 0.717) is 5.92 Å². The summed E-state index contributed by atoms with van der Waals surface area (Å²) in [5.74, 6) is 0.619. The second kappa shape index (κ2) is 2.38. The van der Waals surface area contributed by atoms with Crippen LogP contribution >= 0.6 is 0 Å². The molecule has 0 amide bonds. The lowest BCUT2D eigenvalue weighted by atomic mass is 10.2. The molecule has 0 saturated heterocycles. The van der Waals surface area contributed by atoms with E-state index in [0.717, 1.165) is 12.8 Å². The Labute approximate surface area is 55.2 Å². The highest BCUT2D eigenvalue weighted by Gasteiger charge is 2.42. The summed E-state index contributed by atoms with van der Waals surface area (Å²) < 4.78 is 4.54. The summed E-state index contributed by atoms with van der Waals surface area (Å²) in [6.07, 6.45) is 1.84. The van der Waals surface area contributed by atoms with E-state index < -0.39 is 0 Å². The lowest BCUT2D eigenvalue weighted by molar-refractivity contribution is -0.142. The summed E-state index contributed by atoms with van der Waals surface area (Å²) in [5, 5.41) is 0. The van der Waals surface area contributed by atoms with Crippen molar-refractivity contribution in [3.63, 3.8) is 0 Å². The third-order valence-electron chi connectivity index (χ3n) is 1.80. The van der Waals surface area contributed by atoms with Crippen LogP contribution in [-0.2, 0) is 9.53 Å². The van der Waals surface area contributed by atoms with Crippen LogP contribution in [0.3, 0.4) is 0 Å². The molecule has 0 aromatic rings. The third-order valence-corrected chi connectivity index (χ3v) is 1.80. The summed E-state index contributed by atoms with van der Waals surface area (Å²) in [6, 6.07) is 0. The number of rotatable bonds is 2. The summed E-state index contributed by atoms with van der Waals surface area (Å²) in [7, 11) is 1.43. The van der Waals surface area contributed by atoms with Crippen LogP contribution in [0, 0.1) is 18.8 Å². The van der Waals surface area contributed by atoms with Crippen LogP contribution in [0.5, 0.6) is 0 Å². The quantitative estimate of drug-likeness (QED) is 0.518. The predicted octanol–water partition coefficient (Wildman–Crippen LogP) is 1.02. The molecule has 51 valence electrons. The number of carbonyl (C=O) groups excluding carboxylic acids is 1. The summed E-state index contributed by atoms with van der Waals surface area (Å²) in [4.78, 5) is 10.7. The van der Waals surface area contributed by atoms with Crippen molar-refractivity contribution < 1.29 is 9.53 Å². The van der Waals surface area contributed by atoms with Gasteiger partial charge < -0.3 is 4.74 Å². The molecule has 2 heteroatoms. The second-order valence-corrected chi connectivity index (χ2v) is 2.41. The maximum atomic E-state index is 10.7. The van der Waals surface area contributed by atoms with Crippen molar-refractivity contribution >= 4 is 5.97 Å². The SMILES string of the molecule is [CH2]CC1CC1C(=O)OC. The molecule has 9 heavy (non-hydrogen) atoms. The lowest BCUT2D eigenvalue weighted by Gasteiger charge is -1.93. The first kappa shape index (κ1) is 6.59.